The van der Waals surface area contributed by atoms with Gasteiger partial charge in [-0.15, -0.1) is 0 Å². The lowest BCUT2D eigenvalue weighted by atomic mass is 10.1. The Hall–Kier alpha value is -1.81. The fraction of sp³-hybridized carbons (Fsp3) is 0.438. The Balaban J connectivity index is 1.55. The van der Waals surface area contributed by atoms with E-state index in [0.717, 1.165) is 24.8 Å². The molecule has 20 heavy (non-hydrogen) atoms. The number of H-pyrrole nitrogens is 1. The molecule has 1 aliphatic rings. The van der Waals surface area contributed by atoms with Gasteiger partial charge in [-0.3, -0.25) is 4.79 Å². The van der Waals surface area contributed by atoms with Gasteiger partial charge in [0.15, 0.2) is 0 Å². The molecule has 1 saturated heterocycles. The molecule has 1 aromatic carbocycles. The number of aryl methyl sites for hydroxylation is 1. The maximum absolute atomic E-state index is 11.8. The molecule has 2 aromatic rings. The molecule has 1 aliphatic heterocycles. The van der Waals surface area contributed by atoms with E-state index in [1.807, 2.05) is 0 Å². The number of rotatable bonds is 4. The summed E-state index contributed by atoms with van der Waals surface area (Å²) in [5.41, 5.74) is 3.57. The summed E-state index contributed by atoms with van der Waals surface area (Å²) in [5, 5.41) is 4.18. The van der Waals surface area contributed by atoms with Crippen molar-refractivity contribution >= 4 is 16.8 Å². The molecule has 4 nitrogen and oxygen atoms in total. The van der Waals surface area contributed by atoms with Crippen molar-refractivity contribution in [3.63, 3.8) is 0 Å². The Morgan fingerprint density at radius 1 is 1.45 bits per heavy atom. The molecule has 1 aromatic heterocycles. The second-order valence-corrected chi connectivity index (χ2v) is 5.42. The van der Waals surface area contributed by atoms with Gasteiger partial charge < -0.3 is 15.0 Å². The van der Waals surface area contributed by atoms with Crippen LogP contribution in [0.5, 0.6) is 0 Å². The van der Waals surface area contributed by atoms with Crippen molar-refractivity contribution in [2.75, 3.05) is 13.2 Å². The van der Waals surface area contributed by atoms with E-state index in [1.165, 1.54) is 16.6 Å². The lowest BCUT2D eigenvalue weighted by Crippen LogP contribution is -2.35. The maximum Gasteiger partial charge on any atom is 0.249 e. The van der Waals surface area contributed by atoms with Crippen LogP contribution < -0.4 is 5.32 Å². The van der Waals surface area contributed by atoms with Gasteiger partial charge in [0, 0.05) is 24.4 Å². The van der Waals surface area contributed by atoms with Crippen molar-refractivity contribution in [2.45, 2.75) is 32.3 Å². The first-order valence-electron chi connectivity index (χ1n) is 7.20. The number of fused-ring (bicyclic) bond motifs is 1. The van der Waals surface area contributed by atoms with Crippen LogP contribution in [0.2, 0.25) is 0 Å². The summed E-state index contributed by atoms with van der Waals surface area (Å²) in [4.78, 5) is 15.1. The summed E-state index contributed by atoms with van der Waals surface area (Å²) in [6, 6.07) is 8.52. The number of ether oxygens (including phenoxy) is 1. The molecule has 0 spiro atoms. The highest BCUT2D eigenvalue weighted by Crippen LogP contribution is 2.17. The third-order valence-electron chi connectivity index (χ3n) is 3.75. The number of aromatic amines is 1. The normalized spacial score (nSPS) is 18.6. The molecule has 0 bridgehead atoms. The molecule has 1 unspecified atom stereocenters. The average molecular weight is 272 g/mol. The maximum atomic E-state index is 11.8. The molecule has 2 heterocycles. The van der Waals surface area contributed by atoms with E-state index < -0.39 is 0 Å². The van der Waals surface area contributed by atoms with Gasteiger partial charge in [-0.2, -0.15) is 0 Å². The topological polar surface area (TPSA) is 54.1 Å². The molecule has 3 rings (SSSR count). The zero-order valence-electron chi connectivity index (χ0n) is 11.7. The third-order valence-corrected chi connectivity index (χ3v) is 3.75. The molecule has 1 fully saturated rings. The van der Waals surface area contributed by atoms with Crippen molar-refractivity contribution in [1.29, 1.82) is 0 Å². The summed E-state index contributed by atoms with van der Waals surface area (Å²) in [6.45, 7) is 3.43. The molecule has 2 N–H and O–H groups in total. The second-order valence-electron chi connectivity index (χ2n) is 5.42. The van der Waals surface area contributed by atoms with E-state index in [4.69, 9.17) is 4.74 Å². The molecule has 0 aliphatic carbocycles. The average Bonchev–Trinajstić information content (AvgIpc) is 3.05. The number of hydrogen-bond donors (Lipinski definition) is 2. The van der Waals surface area contributed by atoms with Crippen molar-refractivity contribution in [3.8, 4) is 0 Å². The van der Waals surface area contributed by atoms with Crippen LogP contribution in [0.15, 0.2) is 24.3 Å². The molecule has 1 atom stereocenters. The number of benzene rings is 1. The van der Waals surface area contributed by atoms with Gasteiger partial charge in [-0.05, 0) is 55.3 Å². The Labute approximate surface area is 118 Å². The Kier molecular flexibility index (Phi) is 3.74. The van der Waals surface area contributed by atoms with Gasteiger partial charge in [0.1, 0.15) is 6.10 Å². The van der Waals surface area contributed by atoms with Gasteiger partial charge in [0.2, 0.25) is 5.91 Å². The molecule has 106 valence electrons. The first kappa shape index (κ1) is 13.2. The summed E-state index contributed by atoms with van der Waals surface area (Å²) in [5.74, 6) is 0.0288. The van der Waals surface area contributed by atoms with Crippen LogP contribution in [0.1, 0.15) is 24.1 Å². The van der Waals surface area contributed by atoms with Gasteiger partial charge in [0.05, 0.1) is 0 Å². The molecule has 1 amide bonds. The van der Waals surface area contributed by atoms with E-state index in [2.05, 4.69) is 41.5 Å². The first-order chi connectivity index (χ1) is 9.72. The van der Waals surface area contributed by atoms with Crippen LogP contribution in [-0.4, -0.2) is 30.1 Å². The summed E-state index contributed by atoms with van der Waals surface area (Å²) in [6.07, 6.45) is 2.45. The first-order valence-corrected chi connectivity index (χ1v) is 7.20. The van der Waals surface area contributed by atoms with Crippen LogP contribution in [0, 0.1) is 6.92 Å². The summed E-state index contributed by atoms with van der Waals surface area (Å²) < 4.78 is 5.36. The number of hydrogen-bond acceptors (Lipinski definition) is 2. The highest BCUT2D eigenvalue weighted by molar-refractivity contribution is 5.81. The summed E-state index contributed by atoms with van der Waals surface area (Å²) >= 11 is 0. The van der Waals surface area contributed by atoms with Crippen LogP contribution >= 0.6 is 0 Å². The SMILES string of the molecule is Cc1cc2cc(CCNC(=O)C3CCCO3)ccc2[nH]1. The number of nitrogens with one attached hydrogen (secondary N) is 2. The predicted molar refractivity (Wildman–Crippen MR) is 78.7 cm³/mol. The standard InChI is InChI=1S/C16H20N2O2/c1-11-9-13-10-12(4-5-14(13)18-11)6-7-17-16(19)15-3-2-8-20-15/h4-5,9-10,15,18H,2-3,6-8H2,1H3,(H,17,19). The lowest BCUT2D eigenvalue weighted by molar-refractivity contribution is -0.129. The number of aromatic nitrogens is 1. The molecule has 4 heteroatoms. The monoisotopic (exact) mass is 272 g/mol. The van der Waals surface area contributed by atoms with Crippen LogP contribution in [0.3, 0.4) is 0 Å². The van der Waals surface area contributed by atoms with E-state index >= 15 is 0 Å². The van der Waals surface area contributed by atoms with Crippen molar-refractivity contribution in [2.24, 2.45) is 0 Å². The fourth-order valence-corrected chi connectivity index (χ4v) is 2.71. The zero-order valence-corrected chi connectivity index (χ0v) is 11.7. The molecule has 0 radical (unpaired) electrons. The number of amides is 1. The Morgan fingerprint density at radius 3 is 3.15 bits per heavy atom. The lowest BCUT2D eigenvalue weighted by Gasteiger charge is -2.10. The van der Waals surface area contributed by atoms with E-state index in [9.17, 15) is 4.79 Å². The van der Waals surface area contributed by atoms with Crippen LogP contribution in [0.25, 0.3) is 10.9 Å². The van der Waals surface area contributed by atoms with Crippen LogP contribution in [0.4, 0.5) is 0 Å². The minimum atomic E-state index is -0.232. The van der Waals surface area contributed by atoms with E-state index in [0.29, 0.717) is 13.2 Å². The van der Waals surface area contributed by atoms with Crippen molar-refractivity contribution < 1.29 is 9.53 Å². The Bertz CT molecular complexity index is 612. The minimum Gasteiger partial charge on any atom is -0.368 e. The number of carbonyl (C=O) groups is 1. The van der Waals surface area contributed by atoms with E-state index in [-0.39, 0.29) is 12.0 Å². The second kappa shape index (κ2) is 5.67. The number of carbonyl (C=O) groups excluding carboxylic acids is 1. The third kappa shape index (κ3) is 2.85. The van der Waals surface area contributed by atoms with Gasteiger partial charge in [0.25, 0.3) is 0 Å². The highest BCUT2D eigenvalue weighted by atomic mass is 16.5. The van der Waals surface area contributed by atoms with Crippen molar-refractivity contribution in [3.05, 3.63) is 35.5 Å². The predicted octanol–water partition coefficient (Wildman–Crippen LogP) is 2.31. The van der Waals surface area contributed by atoms with Crippen LogP contribution in [-0.2, 0) is 16.0 Å². The highest BCUT2D eigenvalue weighted by Gasteiger charge is 2.22. The largest absolute Gasteiger partial charge is 0.368 e. The van der Waals surface area contributed by atoms with Gasteiger partial charge in [-0.25, -0.2) is 0 Å². The fourth-order valence-electron chi connectivity index (χ4n) is 2.71. The zero-order chi connectivity index (χ0) is 13.9. The minimum absolute atomic E-state index is 0.0288. The molecular weight excluding hydrogens is 252 g/mol. The van der Waals surface area contributed by atoms with Gasteiger partial charge >= 0.3 is 0 Å². The smallest absolute Gasteiger partial charge is 0.249 e. The van der Waals surface area contributed by atoms with Gasteiger partial charge in [-0.1, -0.05) is 6.07 Å². The quantitative estimate of drug-likeness (QED) is 0.897. The molecular formula is C16H20N2O2. The summed E-state index contributed by atoms with van der Waals surface area (Å²) in [7, 11) is 0. The molecule has 0 saturated carbocycles. The van der Waals surface area contributed by atoms with Crippen molar-refractivity contribution in [1.82, 2.24) is 10.3 Å². The Morgan fingerprint density at radius 2 is 2.35 bits per heavy atom. The van der Waals surface area contributed by atoms with E-state index in [1.54, 1.807) is 0 Å².